The molecule has 0 aliphatic carbocycles. The Labute approximate surface area is 113 Å². The van der Waals surface area contributed by atoms with Crippen LogP contribution in [0.3, 0.4) is 0 Å². The molecule has 1 heterocycles. The largest absolute Gasteiger partial charge is 0.455 e. The summed E-state index contributed by atoms with van der Waals surface area (Å²) in [7, 11) is 0. The van der Waals surface area contributed by atoms with Crippen LogP contribution in [0.25, 0.3) is 11.3 Å². The molecule has 0 amide bonds. The number of unbranched alkanes of at least 4 members (excludes halogenated alkanes) is 1. The molecule has 3 heteroatoms. The van der Waals surface area contributed by atoms with E-state index < -0.39 is 0 Å². The van der Waals surface area contributed by atoms with Gasteiger partial charge in [-0.3, -0.25) is 0 Å². The van der Waals surface area contributed by atoms with E-state index in [1.165, 1.54) is 12.8 Å². The fourth-order valence-electron chi connectivity index (χ4n) is 1.88. The Hall–Kier alpha value is -1.25. The van der Waals surface area contributed by atoms with E-state index >= 15 is 0 Å². The summed E-state index contributed by atoms with van der Waals surface area (Å²) in [6, 6.07) is 11.8. The molecule has 0 aliphatic heterocycles. The highest BCUT2D eigenvalue weighted by Gasteiger charge is 2.06. The summed E-state index contributed by atoms with van der Waals surface area (Å²) < 4.78 is 5.82. The van der Waals surface area contributed by atoms with E-state index in [4.69, 9.17) is 16.0 Å². The highest BCUT2D eigenvalue weighted by molar-refractivity contribution is 6.30. The minimum Gasteiger partial charge on any atom is -0.455 e. The van der Waals surface area contributed by atoms with Crippen molar-refractivity contribution < 1.29 is 9.73 Å². The Kier molecular flexibility index (Phi) is 4.85. The van der Waals surface area contributed by atoms with Gasteiger partial charge in [-0.2, -0.15) is 0 Å². The lowest BCUT2D eigenvalue weighted by molar-refractivity contribution is -0.672. The average Bonchev–Trinajstić information content (AvgIpc) is 2.83. The minimum atomic E-state index is 0.736. The predicted octanol–water partition coefficient (Wildman–Crippen LogP) is 3.46. The summed E-state index contributed by atoms with van der Waals surface area (Å²) in [4.78, 5) is 0. The Bertz CT molecular complexity index is 493. The van der Waals surface area contributed by atoms with Gasteiger partial charge in [-0.15, -0.1) is 0 Å². The van der Waals surface area contributed by atoms with Crippen LogP contribution in [-0.4, -0.2) is 6.54 Å². The third-order valence-corrected chi connectivity index (χ3v) is 3.11. The molecular weight excluding hydrogens is 246 g/mol. The number of quaternary nitrogens is 1. The van der Waals surface area contributed by atoms with E-state index in [0.717, 1.165) is 35.2 Å². The maximum Gasteiger partial charge on any atom is 0.158 e. The molecule has 2 N–H and O–H groups in total. The van der Waals surface area contributed by atoms with Crippen LogP contribution in [0.2, 0.25) is 5.02 Å². The highest BCUT2D eigenvalue weighted by atomic mass is 35.5. The zero-order valence-electron chi connectivity index (χ0n) is 10.7. The van der Waals surface area contributed by atoms with Crippen molar-refractivity contribution in [2.24, 2.45) is 0 Å². The van der Waals surface area contributed by atoms with Gasteiger partial charge in [0.05, 0.1) is 6.54 Å². The normalized spacial score (nSPS) is 10.8. The second-order valence-electron chi connectivity index (χ2n) is 4.41. The van der Waals surface area contributed by atoms with Crippen LogP contribution in [0.15, 0.2) is 40.8 Å². The van der Waals surface area contributed by atoms with Crippen LogP contribution < -0.4 is 5.32 Å². The smallest absolute Gasteiger partial charge is 0.158 e. The first kappa shape index (κ1) is 13.2. The topological polar surface area (TPSA) is 29.8 Å². The first-order valence-corrected chi connectivity index (χ1v) is 6.83. The van der Waals surface area contributed by atoms with Gasteiger partial charge in [0.25, 0.3) is 0 Å². The molecule has 0 saturated carbocycles. The van der Waals surface area contributed by atoms with E-state index in [1.807, 2.05) is 36.4 Å². The lowest BCUT2D eigenvalue weighted by atomic mass is 10.2. The van der Waals surface area contributed by atoms with Crippen molar-refractivity contribution in [2.45, 2.75) is 26.3 Å². The number of furan rings is 1. The molecular formula is C15H19ClNO+. The number of hydrogen-bond acceptors (Lipinski definition) is 1. The molecule has 18 heavy (non-hydrogen) atoms. The van der Waals surface area contributed by atoms with E-state index in [0.29, 0.717) is 0 Å². The minimum absolute atomic E-state index is 0.736. The zero-order valence-corrected chi connectivity index (χ0v) is 11.4. The van der Waals surface area contributed by atoms with Crippen molar-refractivity contribution in [1.82, 2.24) is 0 Å². The van der Waals surface area contributed by atoms with Gasteiger partial charge >= 0.3 is 0 Å². The van der Waals surface area contributed by atoms with Crippen LogP contribution in [0, 0.1) is 0 Å². The fraction of sp³-hybridized carbons (Fsp3) is 0.333. The predicted molar refractivity (Wildman–Crippen MR) is 74.6 cm³/mol. The Morgan fingerprint density at radius 1 is 1.22 bits per heavy atom. The first-order valence-electron chi connectivity index (χ1n) is 6.46. The van der Waals surface area contributed by atoms with Gasteiger partial charge in [0.2, 0.25) is 0 Å². The lowest BCUT2D eigenvalue weighted by Gasteiger charge is -1.99. The third kappa shape index (κ3) is 3.62. The van der Waals surface area contributed by atoms with Gasteiger partial charge in [0.1, 0.15) is 12.3 Å². The molecule has 2 aromatic rings. The molecule has 0 atom stereocenters. The lowest BCUT2D eigenvalue weighted by Crippen LogP contribution is -2.82. The summed E-state index contributed by atoms with van der Waals surface area (Å²) in [5, 5.41) is 3.02. The molecule has 0 spiro atoms. The molecule has 0 aliphatic rings. The second kappa shape index (κ2) is 6.62. The third-order valence-electron chi connectivity index (χ3n) is 2.88. The SMILES string of the molecule is CCCC[NH2+]Cc1ccc(-c2cccc(Cl)c2)o1. The molecule has 0 bridgehead atoms. The summed E-state index contributed by atoms with van der Waals surface area (Å²) >= 11 is 5.97. The first-order chi connectivity index (χ1) is 8.79. The standard InChI is InChI=1S/C15H18ClNO/c1-2-3-9-17-11-14-7-8-15(18-14)12-5-4-6-13(16)10-12/h4-8,10,17H,2-3,9,11H2,1H3/p+1. The number of nitrogens with two attached hydrogens (primary N) is 1. The van der Waals surface area contributed by atoms with Crippen molar-refractivity contribution in [3.8, 4) is 11.3 Å². The zero-order chi connectivity index (χ0) is 12.8. The van der Waals surface area contributed by atoms with E-state index in [1.54, 1.807) is 0 Å². The fourth-order valence-corrected chi connectivity index (χ4v) is 2.07. The second-order valence-corrected chi connectivity index (χ2v) is 4.85. The van der Waals surface area contributed by atoms with Gasteiger partial charge in [-0.1, -0.05) is 37.1 Å². The summed E-state index contributed by atoms with van der Waals surface area (Å²) in [6.07, 6.45) is 2.49. The number of rotatable bonds is 6. The van der Waals surface area contributed by atoms with E-state index in [-0.39, 0.29) is 0 Å². The van der Waals surface area contributed by atoms with E-state index in [9.17, 15) is 0 Å². The summed E-state index contributed by atoms with van der Waals surface area (Å²) in [5.74, 6) is 1.90. The Morgan fingerprint density at radius 2 is 2.11 bits per heavy atom. The Balaban J connectivity index is 1.97. The monoisotopic (exact) mass is 264 g/mol. The van der Waals surface area contributed by atoms with Crippen molar-refractivity contribution in [1.29, 1.82) is 0 Å². The van der Waals surface area contributed by atoms with E-state index in [2.05, 4.69) is 12.2 Å². The highest BCUT2D eigenvalue weighted by Crippen LogP contribution is 2.24. The summed E-state index contributed by atoms with van der Waals surface area (Å²) in [6.45, 7) is 4.27. The number of halogens is 1. The molecule has 1 aromatic heterocycles. The van der Waals surface area contributed by atoms with Crippen LogP contribution in [0.1, 0.15) is 25.5 Å². The molecule has 2 nitrogen and oxygen atoms in total. The molecule has 0 radical (unpaired) electrons. The van der Waals surface area contributed by atoms with Crippen LogP contribution in [0.4, 0.5) is 0 Å². The van der Waals surface area contributed by atoms with Crippen molar-refractivity contribution in [3.63, 3.8) is 0 Å². The summed E-state index contributed by atoms with van der Waals surface area (Å²) in [5.41, 5.74) is 1.03. The van der Waals surface area contributed by atoms with Crippen LogP contribution in [-0.2, 0) is 6.54 Å². The molecule has 2 rings (SSSR count). The molecule has 0 unspecified atom stereocenters. The maximum atomic E-state index is 5.97. The van der Waals surface area contributed by atoms with Crippen molar-refractivity contribution >= 4 is 11.6 Å². The quantitative estimate of drug-likeness (QED) is 0.796. The van der Waals surface area contributed by atoms with Crippen LogP contribution >= 0.6 is 11.6 Å². The molecule has 1 aromatic carbocycles. The van der Waals surface area contributed by atoms with Crippen molar-refractivity contribution in [3.05, 3.63) is 47.2 Å². The molecule has 96 valence electrons. The van der Waals surface area contributed by atoms with Gasteiger partial charge in [0, 0.05) is 10.6 Å². The van der Waals surface area contributed by atoms with Crippen LogP contribution in [0.5, 0.6) is 0 Å². The molecule has 0 fully saturated rings. The number of benzene rings is 1. The van der Waals surface area contributed by atoms with Gasteiger partial charge in [-0.25, -0.2) is 0 Å². The average molecular weight is 265 g/mol. The Morgan fingerprint density at radius 3 is 2.89 bits per heavy atom. The van der Waals surface area contributed by atoms with Gasteiger partial charge < -0.3 is 9.73 Å². The van der Waals surface area contributed by atoms with Crippen molar-refractivity contribution in [2.75, 3.05) is 6.54 Å². The molecule has 0 saturated heterocycles. The number of hydrogen-bond donors (Lipinski definition) is 1. The van der Waals surface area contributed by atoms with Gasteiger partial charge in [0.15, 0.2) is 5.76 Å². The maximum absolute atomic E-state index is 5.97. The van der Waals surface area contributed by atoms with Gasteiger partial charge in [-0.05, 0) is 30.7 Å².